The van der Waals surface area contributed by atoms with Gasteiger partial charge in [-0.3, -0.25) is 24.4 Å². The number of rotatable bonds is 7. The topological polar surface area (TPSA) is 116 Å². The van der Waals surface area contributed by atoms with Crippen molar-refractivity contribution in [2.45, 2.75) is 18.7 Å². The molecule has 0 radical (unpaired) electrons. The van der Waals surface area contributed by atoms with E-state index in [1.54, 1.807) is 36.9 Å². The van der Waals surface area contributed by atoms with Gasteiger partial charge >= 0.3 is 5.97 Å². The number of aryl methyl sites for hydroxylation is 2. The van der Waals surface area contributed by atoms with Crippen molar-refractivity contribution in [2.24, 2.45) is 7.05 Å². The number of esters is 1. The lowest BCUT2D eigenvalue weighted by Crippen LogP contribution is -2.22. The van der Waals surface area contributed by atoms with Crippen molar-refractivity contribution in [3.05, 3.63) is 45.8 Å². The van der Waals surface area contributed by atoms with Gasteiger partial charge in [0.05, 0.1) is 32.6 Å². The summed E-state index contributed by atoms with van der Waals surface area (Å²) in [6.07, 6.45) is 0. The molecule has 0 aliphatic heterocycles. The predicted molar refractivity (Wildman–Crippen MR) is 96.1 cm³/mol. The van der Waals surface area contributed by atoms with Crippen LogP contribution in [0.1, 0.15) is 11.4 Å². The number of ether oxygens (including phenoxy) is 1. The molecule has 2 rings (SSSR count). The molecule has 10 heteroatoms. The first-order valence-electron chi connectivity index (χ1n) is 7.61. The third kappa shape index (κ3) is 4.82. The molecule has 0 fully saturated rings. The normalized spacial score (nSPS) is 10.4. The van der Waals surface area contributed by atoms with Gasteiger partial charge in [-0.15, -0.1) is 11.8 Å². The van der Waals surface area contributed by atoms with Crippen LogP contribution in [0.2, 0.25) is 0 Å². The van der Waals surface area contributed by atoms with Crippen molar-refractivity contribution in [3.8, 4) is 0 Å². The second-order valence-corrected chi connectivity index (χ2v) is 6.41. The first kappa shape index (κ1) is 19.4. The van der Waals surface area contributed by atoms with Crippen LogP contribution >= 0.6 is 11.8 Å². The number of para-hydroxylation sites is 1. The van der Waals surface area contributed by atoms with Crippen LogP contribution in [0.25, 0.3) is 0 Å². The highest BCUT2D eigenvalue weighted by Crippen LogP contribution is 2.28. The van der Waals surface area contributed by atoms with E-state index in [1.807, 2.05) is 6.92 Å². The van der Waals surface area contributed by atoms with E-state index in [0.29, 0.717) is 16.3 Å². The Balaban J connectivity index is 1.84. The summed E-state index contributed by atoms with van der Waals surface area (Å²) in [5.41, 5.74) is 1.96. The van der Waals surface area contributed by atoms with Crippen LogP contribution in [-0.4, -0.2) is 38.9 Å². The second-order valence-electron chi connectivity index (χ2n) is 5.39. The van der Waals surface area contributed by atoms with Crippen molar-refractivity contribution < 1.29 is 19.2 Å². The largest absolute Gasteiger partial charge is 0.455 e. The summed E-state index contributed by atoms with van der Waals surface area (Å²) in [6.45, 7) is 3.13. The number of nitro benzene ring substituents is 1. The summed E-state index contributed by atoms with van der Waals surface area (Å²) < 4.78 is 6.56. The quantitative estimate of drug-likeness (QED) is 0.340. The molecule has 0 aliphatic rings. The molecule has 2 aromatic rings. The number of benzene rings is 1. The molecule has 1 heterocycles. The Morgan fingerprint density at radius 2 is 2.04 bits per heavy atom. The van der Waals surface area contributed by atoms with Crippen LogP contribution in [0.4, 0.5) is 11.4 Å². The standard InChI is InChI=1S/C16H18N4O5S/c1-10-16(11(2)19(3)18-10)17-14(21)8-25-15(22)9-26-13-7-5-4-6-12(13)20(23)24/h4-7H,8-9H2,1-3H3,(H,17,21). The fraction of sp³-hybridized carbons (Fsp3) is 0.312. The van der Waals surface area contributed by atoms with Crippen molar-refractivity contribution in [1.29, 1.82) is 0 Å². The Labute approximate surface area is 153 Å². The summed E-state index contributed by atoms with van der Waals surface area (Å²) in [5.74, 6) is -1.25. The zero-order valence-electron chi connectivity index (χ0n) is 14.5. The van der Waals surface area contributed by atoms with Gasteiger partial charge in [-0.1, -0.05) is 12.1 Å². The maximum Gasteiger partial charge on any atom is 0.316 e. The van der Waals surface area contributed by atoms with Crippen LogP contribution in [0, 0.1) is 24.0 Å². The smallest absolute Gasteiger partial charge is 0.316 e. The van der Waals surface area contributed by atoms with Crippen LogP contribution in [0.3, 0.4) is 0 Å². The van der Waals surface area contributed by atoms with Crippen LogP contribution in [0.15, 0.2) is 29.2 Å². The average Bonchev–Trinajstić information content (AvgIpc) is 2.84. The van der Waals surface area contributed by atoms with Crippen LogP contribution in [-0.2, 0) is 21.4 Å². The number of anilines is 1. The first-order chi connectivity index (χ1) is 12.3. The molecule has 0 aliphatic carbocycles. The molecular formula is C16H18N4O5S. The van der Waals surface area contributed by atoms with E-state index in [9.17, 15) is 19.7 Å². The Morgan fingerprint density at radius 1 is 1.35 bits per heavy atom. The molecule has 26 heavy (non-hydrogen) atoms. The highest BCUT2D eigenvalue weighted by Gasteiger charge is 2.16. The van der Waals surface area contributed by atoms with Crippen molar-refractivity contribution in [3.63, 3.8) is 0 Å². The number of aromatic nitrogens is 2. The van der Waals surface area contributed by atoms with Gasteiger partial charge in [0, 0.05) is 13.1 Å². The molecule has 1 N–H and O–H groups in total. The van der Waals surface area contributed by atoms with E-state index in [0.717, 1.165) is 17.5 Å². The molecule has 0 atom stereocenters. The number of nitrogens with one attached hydrogen (secondary N) is 1. The number of hydrogen-bond donors (Lipinski definition) is 1. The number of nitro groups is 1. The minimum atomic E-state index is -0.636. The molecule has 0 unspecified atom stereocenters. The van der Waals surface area contributed by atoms with Crippen LogP contribution in [0.5, 0.6) is 0 Å². The molecule has 9 nitrogen and oxygen atoms in total. The van der Waals surface area contributed by atoms with E-state index in [4.69, 9.17) is 4.74 Å². The summed E-state index contributed by atoms with van der Waals surface area (Å²) in [4.78, 5) is 34.5. The molecule has 1 aromatic carbocycles. The molecular weight excluding hydrogens is 360 g/mol. The Kier molecular flexibility index (Phi) is 6.34. The summed E-state index contributed by atoms with van der Waals surface area (Å²) >= 11 is 0.986. The van der Waals surface area contributed by atoms with Gasteiger partial charge in [-0.05, 0) is 19.9 Å². The van der Waals surface area contributed by atoms with Gasteiger partial charge < -0.3 is 10.1 Å². The zero-order chi connectivity index (χ0) is 19.3. The summed E-state index contributed by atoms with van der Waals surface area (Å²) in [6, 6.07) is 6.11. The molecule has 1 amide bonds. The van der Waals surface area contributed by atoms with Crippen molar-refractivity contribution in [2.75, 3.05) is 17.7 Å². The van der Waals surface area contributed by atoms with Gasteiger partial charge in [-0.2, -0.15) is 5.10 Å². The zero-order valence-corrected chi connectivity index (χ0v) is 15.3. The van der Waals surface area contributed by atoms with E-state index in [2.05, 4.69) is 10.4 Å². The van der Waals surface area contributed by atoms with E-state index < -0.39 is 23.4 Å². The third-order valence-corrected chi connectivity index (χ3v) is 4.58. The lowest BCUT2D eigenvalue weighted by Gasteiger charge is -2.07. The van der Waals surface area contributed by atoms with E-state index in [-0.39, 0.29) is 11.4 Å². The van der Waals surface area contributed by atoms with Gasteiger partial charge in [0.25, 0.3) is 11.6 Å². The highest BCUT2D eigenvalue weighted by atomic mass is 32.2. The lowest BCUT2D eigenvalue weighted by molar-refractivity contribution is -0.387. The molecule has 0 bridgehead atoms. The van der Waals surface area contributed by atoms with Gasteiger partial charge in [-0.25, -0.2) is 0 Å². The minimum Gasteiger partial charge on any atom is -0.455 e. The molecule has 138 valence electrons. The maximum absolute atomic E-state index is 11.9. The second kappa shape index (κ2) is 8.48. The van der Waals surface area contributed by atoms with Gasteiger partial charge in [0.2, 0.25) is 0 Å². The average molecular weight is 378 g/mol. The predicted octanol–water partition coefficient (Wildman–Crippen LogP) is 2.22. The summed E-state index contributed by atoms with van der Waals surface area (Å²) in [5, 5.41) is 17.8. The molecule has 0 saturated carbocycles. The molecule has 0 saturated heterocycles. The SMILES string of the molecule is Cc1nn(C)c(C)c1NC(=O)COC(=O)CSc1ccccc1[N+](=O)[O-]. The molecule has 0 spiro atoms. The van der Waals surface area contributed by atoms with E-state index >= 15 is 0 Å². The maximum atomic E-state index is 11.9. The Hall–Kier alpha value is -2.88. The fourth-order valence-electron chi connectivity index (χ4n) is 2.18. The number of thioether (sulfide) groups is 1. The lowest BCUT2D eigenvalue weighted by atomic mass is 10.3. The number of carbonyl (C=O) groups excluding carboxylic acids is 2. The van der Waals surface area contributed by atoms with Crippen LogP contribution < -0.4 is 5.32 Å². The van der Waals surface area contributed by atoms with Crippen molar-refractivity contribution >= 4 is 35.0 Å². The van der Waals surface area contributed by atoms with Gasteiger partial charge in [0.15, 0.2) is 6.61 Å². The number of amides is 1. The van der Waals surface area contributed by atoms with Gasteiger partial charge in [0.1, 0.15) is 0 Å². The fourth-order valence-corrected chi connectivity index (χ4v) is 3.01. The highest BCUT2D eigenvalue weighted by molar-refractivity contribution is 8.00. The number of nitrogens with zero attached hydrogens (tertiary/aromatic N) is 3. The summed E-state index contributed by atoms with van der Waals surface area (Å²) in [7, 11) is 1.76. The van der Waals surface area contributed by atoms with Crippen molar-refractivity contribution in [1.82, 2.24) is 9.78 Å². The minimum absolute atomic E-state index is 0.0782. The number of hydrogen-bond acceptors (Lipinski definition) is 7. The number of carbonyl (C=O) groups is 2. The molecule has 1 aromatic heterocycles. The first-order valence-corrected chi connectivity index (χ1v) is 8.60. The monoisotopic (exact) mass is 378 g/mol. The Bertz CT molecular complexity index is 849. The van der Waals surface area contributed by atoms with E-state index in [1.165, 1.54) is 6.07 Å². The Morgan fingerprint density at radius 3 is 2.65 bits per heavy atom. The third-order valence-electron chi connectivity index (χ3n) is 3.55.